The van der Waals surface area contributed by atoms with Gasteiger partial charge in [-0.05, 0) is 51.8 Å². The summed E-state index contributed by atoms with van der Waals surface area (Å²) in [6.07, 6.45) is 4.22. The third-order valence-corrected chi connectivity index (χ3v) is 4.06. The average molecular weight is 274 g/mol. The number of aryl methyl sites for hydroxylation is 2. The first-order valence-corrected chi connectivity index (χ1v) is 7.67. The quantitative estimate of drug-likeness (QED) is 0.836. The molecule has 1 saturated heterocycles. The van der Waals surface area contributed by atoms with Crippen molar-refractivity contribution in [3.8, 4) is 0 Å². The van der Waals surface area contributed by atoms with Crippen LogP contribution >= 0.6 is 0 Å². The highest BCUT2D eigenvalue weighted by molar-refractivity contribution is 5.78. The Morgan fingerprint density at radius 3 is 2.80 bits per heavy atom. The smallest absolute Gasteiger partial charge is 0.224 e. The fourth-order valence-corrected chi connectivity index (χ4v) is 2.78. The van der Waals surface area contributed by atoms with E-state index in [-0.39, 0.29) is 11.8 Å². The number of carbonyl (C=O) groups excluding carboxylic acids is 1. The molecule has 0 bridgehead atoms. The molecule has 110 valence electrons. The largest absolute Gasteiger partial charge is 0.356 e. The van der Waals surface area contributed by atoms with Gasteiger partial charge in [0.05, 0.1) is 5.92 Å². The van der Waals surface area contributed by atoms with E-state index in [1.807, 2.05) is 0 Å². The van der Waals surface area contributed by atoms with Crippen molar-refractivity contribution in [1.29, 1.82) is 0 Å². The van der Waals surface area contributed by atoms with Gasteiger partial charge >= 0.3 is 0 Å². The van der Waals surface area contributed by atoms with Gasteiger partial charge in [0.25, 0.3) is 0 Å². The van der Waals surface area contributed by atoms with Gasteiger partial charge in [-0.3, -0.25) is 4.79 Å². The number of nitrogens with one attached hydrogen (secondary N) is 1. The maximum Gasteiger partial charge on any atom is 0.224 e. The maximum absolute atomic E-state index is 12.1. The molecule has 2 rings (SSSR count). The van der Waals surface area contributed by atoms with Gasteiger partial charge in [0.2, 0.25) is 5.91 Å². The Kier molecular flexibility index (Phi) is 5.60. The van der Waals surface area contributed by atoms with E-state index >= 15 is 0 Å². The molecule has 1 fully saturated rings. The van der Waals surface area contributed by atoms with Gasteiger partial charge in [-0.25, -0.2) is 0 Å². The molecule has 0 saturated carbocycles. The van der Waals surface area contributed by atoms with Crippen LogP contribution in [0.1, 0.15) is 30.4 Å². The summed E-state index contributed by atoms with van der Waals surface area (Å²) in [4.78, 5) is 14.3. The highest BCUT2D eigenvalue weighted by Gasteiger charge is 2.23. The summed E-state index contributed by atoms with van der Waals surface area (Å²) in [5.41, 5.74) is 2.64. The topological polar surface area (TPSA) is 32.3 Å². The normalized spacial score (nSPS) is 19.8. The SMILES string of the molecule is Cc1ccc(CCCNC(=O)[C@@H]2CCCN(C)C2)cc1. The zero-order valence-electron chi connectivity index (χ0n) is 12.7. The molecule has 1 N–H and O–H groups in total. The number of hydrogen-bond donors (Lipinski definition) is 1. The summed E-state index contributed by atoms with van der Waals surface area (Å²) < 4.78 is 0. The van der Waals surface area contributed by atoms with Crippen molar-refractivity contribution in [2.75, 3.05) is 26.7 Å². The summed E-state index contributed by atoms with van der Waals surface area (Å²) in [5.74, 6) is 0.425. The van der Waals surface area contributed by atoms with Crippen molar-refractivity contribution in [2.24, 2.45) is 5.92 Å². The van der Waals surface area contributed by atoms with Gasteiger partial charge in [-0.15, -0.1) is 0 Å². The standard InChI is InChI=1S/C17H26N2O/c1-14-7-9-15(10-8-14)5-3-11-18-17(20)16-6-4-12-19(2)13-16/h7-10,16H,3-6,11-13H2,1-2H3,(H,18,20)/t16-/m1/s1. The summed E-state index contributed by atoms with van der Waals surface area (Å²) in [5, 5.41) is 3.09. The molecule has 1 aromatic rings. The molecule has 1 aromatic carbocycles. The Labute approximate surface area is 122 Å². The van der Waals surface area contributed by atoms with E-state index in [0.29, 0.717) is 0 Å². The van der Waals surface area contributed by atoms with Crippen LogP contribution in [0.4, 0.5) is 0 Å². The molecule has 3 heteroatoms. The number of rotatable bonds is 5. The van der Waals surface area contributed by atoms with Crippen molar-refractivity contribution in [3.05, 3.63) is 35.4 Å². The number of piperidine rings is 1. The molecular weight excluding hydrogens is 248 g/mol. The van der Waals surface area contributed by atoms with Crippen LogP contribution in [0.5, 0.6) is 0 Å². The number of likely N-dealkylation sites (tertiary alicyclic amines) is 1. The van der Waals surface area contributed by atoms with Crippen LogP contribution in [0.2, 0.25) is 0 Å². The number of carbonyl (C=O) groups is 1. The molecule has 1 atom stereocenters. The van der Waals surface area contributed by atoms with Crippen molar-refractivity contribution in [1.82, 2.24) is 10.2 Å². The molecular formula is C17H26N2O. The second-order valence-corrected chi connectivity index (χ2v) is 5.98. The third kappa shape index (κ3) is 4.64. The number of amides is 1. The summed E-state index contributed by atoms with van der Waals surface area (Å²) in [6.45, 7) is 4.92. The second kappa shape index (κ2) is 7.44. The van der Waals surface area contributed by atoms with E-state index in [1.165, 1.54) is 11.1 Å². The molecule has 1 aliphatic rings. The Morgan fingerprint density at radius 1 is 1.35 bits per heavy atom. The molecule has 20 heavy (non-hydrogen) atoms. The fraction of sp³-hybridized carbons (Fsp3) is 0.588. The van der Waals surface area contributed by atoms with Gasteiger partial charge in [0, 0.05) is 13.1 Å². The zero-order valence-corrected chi connectivity index (χ0v) is 12.7. The first kappa shape index (κ1) is 15.0. The first-order chi connectivity index (χ1) is 9.65. The molecule has 3 nitrogen and oxygen atoms in total. The van der Waals surface area contributed by atoms with Crippen LogP contribution in [0.3, 0.4) is 0 Å². The van der Waals surface area contributed by atoms with Crippen molar-refractivity contribution in [3.63, 3.8) is 0 Å². The molecule has 1 amide bonds. The van der Waals surface area contributed by atoms with Crippen LogP contribution in [0, 0.1) is 12.8 Å². The minimum absolute atomic E-state index is 0.188. The van der Waals surface area contributed by atoms with Gasteiger partial charge < -0.3 is 10.2 Å². The van der Waals surface area contributed by atoms with E-state index in [1.54, 1.807) is 0 Å². The second-order valence-electron chi connectivity index (χ2n) is 5.98. The summed E-state index contributed by atoms with van der Waals surface area (Å²) >= 11 is 0. The van der Waals surface area contributed by atoms with E-state index < -0.39 is 0 Å². The maximum atomic E-state index is 12.1. The lowest BCUT2D eigenvalue weighted by Crippen LogP contribution is -2.41. The van der Waals surface area contributed by atoms with Crippen molar-refractivity contribution < 1.29 is 4.79 Å². The van der Waals surface area contributed by atoms with E-state index in [0.717, 1.165) is 45.3 Å². The van der Waals surface area contributed by atoms with Gasteiger partial charge in [0.15, 0.2) is 0 Å². The molecule has 1 heterocycles. The highest BCUT2D eigenvalue weighted by Crippen LogP contribution is 2.15. The molecule has 1 aliphatic heterocycles. The van der Waals surface area contributed by atoms with Crippen LogP contribution in [0.25, 0.3) is 0 Å². The van der Waals surface area contributed by atoms with Crippen LogP contribution < -0.4 is 5.32 Å². The van der Waals surface area contributed by atoms with E-state index in [4.69, 9.17) is 0 Å². The Bertz CT molecular complexity index is 427. The lowest BCUT2D eigenvalue weighted by Gasteiger charge is -2.28. The van der Waals surface area contributed by atoms with Gasteiger partial charge in [0.1, 0.15) is 0 Å². The first-order valence-electron chi connectivity index (χ1n) is 7.67. The number of nitrogens with zero attached hydrogens (tertiary/aromatic N) is 1. The van der Waals surface area contributed by atoms with Crippen molar-refractivity contribution >= 4 is 5.91 Å². The number of hydrogen-bond acceptors (Lipinski definition) is 2. The molecule has 0 spiro atoms. The van der Waals surface area contributed by atoms with Crippen LogP contribution in [0.15, 0.2) is 24.3 Å². The third-order valence-electron chi connectivity index (χ3n) is 4.06. The minimum Gasteiger partial charge on any atom is -0.356 e. The summed E-state index contributed by atoms with van der Waals surface area (Å²) in [6, 6.07) is 8.64. The highest BCUT2D eigenvalue weighted by atomic mass is 16.1. The summed E-state index contributed by atoms with van der Waals surface area (Å²) in [7, 11) is 2.09. The van der Waals surface area contributed by atoms with E-state index in [9.17, 15) is 4.79 Å². The minimum atomic E-state index is 0.188. The molecule has 0 unspecified atom stereocenters. The zero-order chi connectivity index (χ0) is 14.4. The molecule has 0 radical (unpaired) electrons. The lowest BCUT2D eigenvalue weighted by atomic mass is 9.97. The van der Waals surface area contributed by atoms with Gasteiger partial charge in [-0.2, -0.15) is 0 Å². The predicted octanol–water partition coefficient (Wildman–Crippen LogP) is 2.39. The predicted molar refractivity (Wildman–Crippen MR) is 82.7 cm³/mol. The Balaban J connectivity index is 1.65. The van der Waals surface area contributed by atoms with Gasteiger partial charge in [-0.1, -0.05) is 29.8 Å². The fourth-order valence-electron chi connectivity index (χ4n) is 2.78. The van der Waals surface area contributed by atoms with Crippen molar-refractivity contribution in [2.45, 2.75) is 32.6 Å². The average Bonchev–Trinajstić information content (AvgIpc) is 2.45. The lowest BCUT2D eigenvalue weighted by molar-refractivity contribution is -0.126. The molecule has 0 aromatic heterocycles. The van der Waals surface area contributed by atoms with E-state index in [2.05, 4.69) is 48.5 Å². The Hall–Kier alpha value is -1.35. The monoisotopic (exact) mass is 274 g/mol. The Morgan fingerprint density at radius 2 is 2.10 bits per heavy atom. The number of benzene rings is 1. The van der Waals surface area contributed by atoms with Crippen LogP contribution in [-0.2, 0) is 11.2 Å². The molecule has 0 aliphatic carbocycles. The van der Waals surface area contributed by atoms with Crippen LogP contribution in [-0.4, -0.2) is 37.5 Å².